The molecule has 0 saturated carbocycles. The lowest BCUT2D eigenvalue weighted by Gasteiger charge is -2.34. The number of carbonyl (C=O) groups excluding carboxylic acids is 19. The number of aliphatic hydroxyl groups is 3. The van der Waals surface area contributed by atoms with Gasteiger partial charge in [0, 0.05) is 45.6 Å². The van der Waals surface area contributed by atoms with Gasteiger partial charge in [0.15, 0.2) is 5.96 Å². The fourth-order valence-corrected chi connectivity index (χ4v) is 15.5. The number of nitrogens with one attached hydrogen (secondary N) is 11. The van der Waals surface area contributed by atoms with E-state index in [1.54, 1.807) is 0 Å². The van der Waals surface area contributed by atoms with E-state index in [-0.39, 0.29) is 162 Å². The third kappa shape index (κ3) is 36.0. The van der Waals surface area contributed by atoms with E-state index >= 15 is 0 Å². The molecule has 18 atom stereocenters. The van der Waals surface area contributed by atoms with E-state index in [1.165, 1.54) is 14.7 Å². The van der Waals surface area contributed by atoms with Crippen molar-refractivity contribution in [3.8, 4) is 0 Å². The Balaban J connectivity index is 1.60. The molecule has 37 N–H and O–H groups in total. The molecule has 0 bridgehead atoms. The van der Waals surface area contributed by atoms with Gasteiger partial charge in [-0.25, -0.2) is 4.79 Å². The van der Waals surface area contributed by atoms with Crippen molar-refractivity contribution in [3.05, 3.63) is 0 Å². The molecule has 4 aliphatic heterocycles. The Morgan fingerprint density at radius 1 is 0.346 bits per heavy atom. The Bertz CT molecular complexity index is 3930. The van der Waals surface area contributed by atoms with Crippen molar-refractivity contribution in [1.82, 2.24) is 78.1 Å². The zero-order chi connectivity index (χ0) is 97.2. The highest BCUT2D eigenvalue weighted by Gasteiger charge is 2.48. The third-order valence-electron chi connectivity index (χ3n) is 22.5. The molecule has 0 aromatic rings. The molecule has 0 radical (unpaired) electrons. The molecule has 4 saturated heterocycles. The number of aliphatic carboxylic acids is 1. The summed E-state index contributed by atoms with van der Waals surface area (Å²) in [5.74, 6) is -21.1. The second kappa shape index (κ2) is 56.7. The number of rotatable bonds is 60. The van der Waals surface area contributed by atoms with Crippen molar-refractivity contribution >= 4 is 124 Å². The van der Waals surface area contributed by atoms with Gasteiger partial charge >= 0.3 is 5.97 Å². The molecular weight excluding hydrogens is 1710 g/mol. The Morgan fingerprint density at radius 3 is 1.03 bits per heavy atom. The number of guanidine groups is 1. The van der Waals surface area contributed by atoms with E-state index in [0.29, 0.717) is 32.1 Å². The monoisotopic (exact) mass is 1850 g/mol. The first-order valence-corrected chi connectivity index (χ1v) is 44.1. The van der Waals surface area contributed by atoms with Crippen LogP contribution in [-0.2, 0) is 95.9 Å². The van der Waals surface area contributed by atoms with Crippen LogP contribution in [0.15, 0.2) is 4.99 Å². The highest BCUT2D eigenvalue weighted by molar-refractivity contribution is 6.03. The summed E-state index contributed by atoms with van der Waals surface area (Å²) in [6.07, 6.45) is -4.84. The minimum atomic E-state index is -1.98. The van der Waals surface area contributed by atoms with Crippen molar-refractivity contribution in [2.24, 2.45) is 68.1 Å². The molecule has 0 unspecified atom stereocenters. The summed E-state index contributed by atoms with van der Waals surface area (Å²) >= 11 is 0. The zero-order valence-corrected chi connectivity index (χ0v) is 73.8. The molecule has 51 heteroatoms. The second-order valence-electron chi connectivity index (χ2n) is 32.8. The van der Waals surface area contributed by atoms with Gasteiger partial charge in [-0.15, -0.1) is 0 Å². The maximum Gasteiger partial charge on any atom is 0.326 e. The van der Waals surface area contributed by atoms with Gasteiger partial charge in [-0.3, -0.25) is 96.1 Å². The summed E-state index contributed by atoms with van der Waals surface area (Å²) in [4.78, 5) is 285. The number of carboxylic acids is 1. The van der Waals surface area contributed by atoms with Gasteiger partial charge in [0.05, 0.1) is 31.7 Å². The van der Waals surface area contributed by atoms with E-state index in [9.17, 15) is 116 Å². The highest BCUT2D eigenvalue weighted by Crippen LogP contribution is 2.28. The first kappa shape index (κ1) is 111. The standard InChI is InChI=1S/C79H137N27O24/c1-41(108)61(102-73(124)62(42(2)109)101-71(122)54-22-12-34-103(54)74(125)48(17-4-8-30-81)96-63(114)43(84)40-107)72(123)95-44(16-3-7-29-80)64(115)93-46(25-27-57(85)110)66(117)92-45(20-11-33-91-79(89)90)65(116)94-47(26-28-58(86)111)67(118)99-51(38-59(87)112)68(119)97-49(18-5-9-31-82)75(126)105-36-14-23-55(105)77(128)104-35-13-21-53(104)70(121)100-52(39-60(88)113)69(120)98-50(19-6-10-32-83)76(127)106-37-15-24-56(106)78(129)130/h41-56,61-62,107-109H,3-40,80-84H2,1-2H3,(H2,85,110)(H2,86,111)(H2,87,112)(H2,88,113)(H,92,117)(H,93,115)(H,94,116)(H,95,123)(H,96,114)(H,97,119)(H,98,120)(H,99,118)(H,100,121)(H,101,122)(H,102,124)(H,129,130)(H4,89,90,91)/t41-,42-,43+,44+,45+,46+,47+,48+,49+,50+,51+,52+,53+,54+,55+,56+,61+,62+/m1/s1. The van der Waals surface area contributed by atoms with Gasteiger partial charge in [0.1, 0.15) is 96.7 Å². The number of carbonyl (C=O) groups is 20. The lowest BCUT2D eigenvalue weighted by Crippen LogP contribution is -2.63. The molecule has 4 fully saturated rings. The van der Waals surface area contributed by atoms with Crippen LogP contribution in [0.5, 0.6) is 0 Å². The van der Waals surface area contributed by atoms with Gasteiger partial charge in [-0.05, 0) is 194 Å². The molecule has 0 aromatic heterocycles. The van der Waals surface area contributed by atoms with Gasteiger partial charge in [-0.2, -0.15) is 0 Å². The summed E-state index contributed by atoms with van der Waals surface area (Å²) in [6, 6.07) is -25.1. The van der Waals surface area contributed by atoms with Crippen molar-refractivity contribution < 1.29 is 116 Å². The average Bonchev–Trinajstić information content (AvgIpc) is 1.64. The summed E-state index contributed by atoms with van der Waals surface area (Å²) in [5, 5.41) is 68.1. The van der Waals surface area contributed by atoms with E-state index < -0.39 is 285 Å². The van der Waals surface area contributed by atoms with Crippen LogP contribution in [0.4, 0.5) is 0 Å². The van der Waals surface area contributed by atoms with Crippen molar-refractivity contribution in [3.63, 3.8) is 0 Å². The molecule has 4 rings (SSSR count). The van der Waals surface area contributed by atoms with Crippen LogP contribution in [0.2, 0.25) is 0 Å². The Morgan fingerprint density at radius 2 is 0.646 bits per heavy atom. The molecule has 51 nitrogen and oxygen atoms in total. The number of likely N-dealkylation sites (tertiary alicyclic amines) is 4. The number of primary amides is 4. The smallest absolute Gasteiger partial charge is 0.326 e. The predicted molar refractivity (Wildman–Crippen MR) is 462 cm³/mol. The van der Waals surface area contributed by atoms with Gasteiger partial charge < -0.3 is 162 Å². The van der Waals surface area contributed by atoms with Gasteiger partial charge in [0.25, 0.3) is 0 Å². The number of hydrogen-bond acceptors (Lipinski definition) is 29. The van der Waals surface area contributed by atoms with Gasteiger partial charge in [-0.1, -0.05) is 0 Å². The number of nitrogens with two attached hydrogens (primary N) is 11. The Labute approximate surface area is 751 Å². The van der Waals surface area contributed by atoms with E-state index in [4.69, 9.17) is 63.1 Å². The van der Waals surface area contributed by atoms with Crippen LogP contribution in [0.25, 0.3) is 0 Å². The molecular formula is C79H137N27O24. The first-order chi connectivity index (χ1) is 61.5. The lowest BCUT2D eigenvalue weighted by atomic mass is 10.0. The summed E-state index contributed by atoms with van der Waals surface area (Å²) in [5.41, 5.74) is 62.1. The van der Waals surface area contributed by atoms with Crippen LogP contribution in [0.3, 0.4) is 0 Å². The normalized spacial score (nSPS) is 19.2. The summed E-state index contributed by atoms with van der Waals surface area (Å²) in [6.45, 7) is 1.92. The quantitative estimate of drug-likeness (QED) is 0.0153. The number of amides is 19. The van der Waals surface area contributed by atoms with Crippen LogP contribution in [0.1, 0.15) is 194 Å². The fourth-order valence-electron chi connectivity index (χ4n) is 15.5. The first-order valence-electron chi connectivity index (χ1n) is 44.1. The Hall–Kier alpha value is -11.6. The minimum Gasteiger partial charge on any atom is -0.480 e. The fraction of sp³-hybridized carbons (Fsp3) is 0.734. The lowest BCUT2D eigenvalue weighted by molar-refractivity contribution is -0.149. The molecule has 0 spiro atoms. The molecule has 0 aromatic carbocycles. The van der Waals surface area contributed by atoms with Crippen LogP contribution in [0, 0.1) is 0 Å². The largest absolute Gasteiger partial charge is 0.480 e. The molecule has 130 heavy (non-hydrogen) atoms. The van der Waals surface area contributed by atoms with Crippen LogP contribution in [-0.4, -0.2) is 339 Å². The average molecular weight is 1850 g/mol. The van der Waals surface area contributed by atoms with E-state index in [0.717, 1.165) is 18.7 Å². The number of nitrogens with zero attached hydrogens (tertiary/aromatic N) is 5. The molecule has 732 valence electrons. The Kier molecular flexibility index (Phi) is 48.3. The van der Waals surface area contributed by atoms with Crippen LogP contribution >= 0.6 is 0 Å². The van der Waals surface area contributed by atoms with E-state index in [1.807, 2.05) is 0 Å². The minimum absolute atomic E-state index is 0.0170. The topological polar surface area (TPSA) is 866 Å². The van der Waals surface area contributed by atoms with Crippen LogP contribution < -0.4 is 122 Å². The SMILES string of the molecule is C[C@@H](O)[C@H](NC(=O)[C@@H](NC(=O)[C@@H]1CCCN1C(=O)[C@H](CCCCN)NC(=O)[C@@H](N)CO)[C@@H](C)O)C(=O)N[C@@H](CCCCN)C(=O)N[C@@H](CCC(N)=O)C(=O)N[C@@H](CCCN=C(N)N)C(=O)N[C@@H](CCC(N)=O)C(=O)N[C@@H](CC(N)=O)C(=O)N[C@@H](CCCCN)C(=O)N1CCC[C@H]1C(=O)N1CCC[C@H]1C(=O)N[C@@H](CC(N)=O)C(=O)N[C@@H](CCCCN)C(=O)N1CCC[C@H]1C(=O)O. The second-order valence-corrected chi connectivity index (χ2v) is 32.8. The highest BCUT2D eigenvalue weighted by atomic mass is 16.4. The molecule has 0 aliphatic carbocycles. The molecule has 4 aliphatic rings. The number of unbranched alkanes of at least 4 members (excludes halogenated alkanes) is 4. The number of aliphatic hydroxyl groups excluding tert-OH is 3. The zero-order valence-electron chi connectivity index (χ0n) is 73.8. The van der Waals surface area contributed by atoms with Crippen molar-refractivity contribution in [1.29, 1.82) is 0 Å². The van der Waals surface area contributed by atoms with Crippen molar-refractivity contribution in [2.45, 2.75) is 303 Å². The third-order valence-corrected chi connectivity index (χ3v) is 22.5. The molecule has 4 heterocycles. The van der Waals surface area contributed by atoms with Crippen molar-refractivity contribution in [2.75, 3.05) is 65.5 Å². The maximum atomic E-state index is 15.0. The predicted octanol–water partition coefficient (Wildman–Crippen LogP) is -12.7. The summed E-state index contributed by atoms with van der Waals surface area (Å²) in [7, 11) is 0. The number of hydrogen-bond donors (Lipinski definition) is 26. The molecule has 19 amide bonds. The number of aliphatic imine (C=N–C) groups is 1. The maximum absolute atomic E-state index is 15.0. The van der Waals surface area contributed by atoms with Gasteiger partial charge in [0.2, 0.25) is 112 Å². The van der Waals surface area contributed by atoms with E-state index in [2.05, 4.69) is 63.5 Å². The summed E-state index contributed by atoms with van der Waals surface area (Å²) < 4.78 is 0. The number of carboxylic acid groups (broad SMARTS) is 1.